The van der Waals surface area contributed by atoms with Crippen molar-refractivity contribution < 1.29 is 4.42 Å². The molecule has 0 aliphatic heterocycles. The fourth-order valence-electron chi connectivity index (χ4n) is 1.63. The van der Waals surface area contributed by atoms with Gasteiger partial charge in [0, 0.05) is 17.3 Å². The minimum Gasteiger partial charge on any atom is -0.454 e. The fraction of sp³-hybridized carbons (Fsp3) is 0.0833. The molecular formula is C12H10N2OS. The molecule has 0 aliphatic rings. The van der Waals surface area contributed by atoms with E-state index >= 15 is 0 Å². The summed E-state index contributed by atoms with van der Waals surface area (Å²) in [6.45, 7) is 0.477. The second-order valence-corrected chi connectivity index (χ2v) is 4.42. The van der Waals surface area contributed by atoms with Crippen molar-refractivity contribution in [3.63, 3.8) is 0 Å². The van der Waals surface area contributed by atoms with E-state index in [0.29, 0.717) is 6.54 Å². The summed E-state index contributed by atoms with van der Waals surface area (Å²) in [5, 5.41) is 4.00. The maximum atomic E-state index is 5.72. The van der Waals surface area contributed by atoms with E-state index < -0.39 is 0 Å². The van der Waals surface area contributed by atoms with E-state index in [2.05, 4.69) is 4.98 Å². The Bertz CT molecular complexity index is 594. The van der Waals surface area contributed by atoms with Crippen LogP contribution >= 0.6 is 11.3 Å². The normalized spacial score (nSPS) is 11.1. The Balaban J connectivity index is 2.11. The van der Waals surface area contributed by atoms with E-state index in [-0.39, 0.29) is 0 Å². The van der Waals surface area contributed by atoms with Crippen LogP contribution in [-0.2, 0) is 6.54 Å². The van der Waals surface area contributed by atoms with Gasteiger partial charge in [-0.05, 0) is 12.1 Å². The van der Waals surface area contributed by atoms with E-state index in [1.165, 1.54) is 0 Å². The molecule has 3 aromatic rings. The van der Waals surface area contributed by atoms with Gasteiger partial charge in [-0.1, -0.05) is 18.2 Å². The highest BCUT2D eigenvalue weighted by Gasteiger charge is 2.08. The molecule has 4 heteroatoms. The molecule has 0 saturated heterocycles. The number of furan rings is 1. The first-order valence-electron chi connectivity index (χ1n) is 5.00. The first-order valence-corrected chi connectivity index (χ1v) is 5.88. The predicted molar refractivity (Wildman–Crippen MR) is 65.2 cm³/mol. The largest absolute Gasteiger partial charge is 0.454 e. The van der Waals surface area contributed by atoms with E-state index in [4.69, 9.17) is 10.2 Å². The van der Waals surface area contributed by atoms with E-state index in [9.17, 15) is 0 Å². The summed E-state index contributed by atoms with van der Waals surface area (Å²) in [4.78, 5) is 4.39. The van der Waals surface area contributed by atoms with Crippen LogP contribution in [0, 0.1) is 0 Å². The molecule has 16 heavy (non-hydrogen) atoms. The van der Waals surface area contributed by atoms with Crippen molar-refractivity contribution in [2.75, 3.05) is 0 Å². The first-order chi connectivity index (χ1) is 7.86. The van der Waals surface area contributed by atoms with Crippen LogP contribution in [0.5, 0.6) is 0 Å². The Morgan fingerprint density at radius 2 is 2.19 bits per heavy atom. The lowest BCUT2D eigenvalue weighted by atomic mass is 10.2. The lowest BCUT2D eigenvalue weighted by Crippen LogP contribution is -1.94. The first kappa shape index (κ1) is 9.57. The highest BCUT2D eigenvalue weighted by molar-refractivity contribution is 7.09. The van der Waals surface area contributed by atoms with Crippen molar-refractivity contribution in [2.45, 2.75) is 6.54 Å². The van der Waals surface area contributed by atoms with Gasteiger partial charge in [0.1, 0.15) is 16.3 Å². The van der Waals surface area contributed by atoms with E-state index in [1.807, 2.05) is 35.7 Å². The summed E-state index contributed by atoms with van der Waals surface area (Å²) in [5.41, 5.74) is 7.28. The van der Waals surface area contributed by atoms with Gasteiger partial charge in [0.2, 0.25) is 0 Å². The molecule has 80 valence electrons. The van der Waals surface area contributed by atoms with Crippen LogP contribution in [-0.4, -0.2) is 4.98 Å². The maximum absolute atomic E-state index is 5.72. The number of aromatic nitrogens is 1. The van der Waals surface area contributed by atoms with Crippen molar-refractivity contribution in [3.05, 3.63) is 40.7 Å². The molecule has 1 aromatic carbocycles. The van der Waals surface area contributed by atoms with Crippen molar-refractivity contribution in [1.29, 1.82) is 0 Å². The molecule has 0 aliphatic carbocycles. The smallest absolute Gasteiger partial charge is 0.154 e. The summed E-state index contributed by atoms with van der Waals surface area (Å²) < 4.78 is 5.72. The second kappa shape index (κ2) is 3.73. The van der Waals surface area contributed by atoms with Gasteiger partial charge in [-0.25, -0.2) is 4.98 Å². The summed E-state index contributed by atoms with van der Waals surface area (Å²) in [6.07, 6.45) is 0. The molecule has 0 fully saturated rings. The van der Waals surface area contributed by atoms with Crippen LogP contribution < -0.4 is 5.73 Å². The van der Waals surface area contributed by atoms with Gasteiger partial charge in [-0.15, -0.1) is 11.3 Å². The zero-order chi connectivity index (χ0) is 11.0. The zero-order valence-corrected chi connectivity index (χ0v) is 9.33. The number of thiazole rings is 1. The van der Waals surface area contributed by atoms with Crippen LogP contribution in [0.1, 0.15) is 5.01 Å². The Hall–Kier alpha value is -1.65. The average molecular weight is 230 g/mol. The van der Waals surface area contributed by atoms with E-state index in [1.54, 1.807) is 11.3 Å². The molecule has 0 spiro atoms. The molecule has 0 amide bonds. The Kier molecular flexibility index (Phi) is 2.23. The maximum Gasteiger partial charge on any atom is 0.154 e. The molecule has 0 unspecified atom stereocenters. The van der Waals surface area contributed by atoms with Crippen LogP contribution in [0.3, 0.4) is 0 Å². The number of nitrogens with zero attached hydrogens (tertiary/aromatic N) is 1. The van der Waals surface area contributed by atoms with Gasteiger partial charge in [-0.3, -0.25) is 0 Å². The van der Waals surface area contributed by atoms with Crippen LogP contribution in [0.4, 0.5) is 0 Å². The number of benzene rings is 1. The fourth-order valence-corrected chi connectivity index (χ4v) is 2.29. The molecule has 0 radical (unpaired) electrons. The van der Waals surface area contributed by atoms with Crippen molar-refractivity contribution in [2.24, 2.45) is 5.73 Å². The zero-order valence-electron chi connectivity index (χ0n) is 8.51. The summed E-state index contributed by atoms with van der Waals surface area (Å²) in [5.74, 6) is 0.803. The van der Waals surface area contributed by atoms with Crippen molar-refractivity contribution in [1.82, 2.24) is 4.98 Å². The SMILES string of the molecule is NCc1nc(-c2cc3ccccc3o2)cs1. The number of hydrogen-bond acceptors (Lipinski definition) is 4. The van der Waals surface area contributed by atoms with Gasteiger partial charge in [0.25, 0.3) is 0 Å². The molecule has 3 rings (SSSR count). The van der Waals surface area contributed by atoms with Crippen molar-refractivity contribution >= 4 is 22.3 Å². The molecule has 2 aromatic heterocycles. The average Bonchev–Trinajstić information content (AvgIpc) is 2.95. The summed E-state index contributed by atoms with van der Waals surface area (Å²) >= 11 is 1.56. The molecule has 0 bridgehead atoms. The lowest BCUT2D eigenvalue weighted by molar-refractivity contribution is 0.629. The minimum absolute atomic E-state index is 0.477. The van der Waals surface area contributed by atoms with Gasteiger partial charge >= 0.3 is 0 Å². The lowest BCUT2D eigenvalue weighted by Gasteiger charge is -1.87. The van der Waals surface area contributed by atoms with Crippen LogP contribution in [0.15, 0.2) is 40.1 Å². The predicted octanol–water partition coefficient (Wildman–Crippen LogP) is 3.02. The summed E-state index contributed by atoms with van der Waals surface area (Å²) in [6, 6.07) is 9.94. The molecule has 0 atom stereocenters. The number of para-hydroxylation sites is 1. The Morgan fingerprint density at radius 1 is 1.31 bits per heavy atom. The number of hydrogen-bond donors (Lipinski definition) is 1. The van der Waals surface area contributed by atoms with Gasteiger partial charge in [-0.2, -0.15) is 0 Å². The Labute approximate surface area is 96.5 Å². The quantitative estimate of drug-likeness (QED) is 0.736. The highest BCUT2D eigenvalue weighted by atomic mass is 32.1. The third-order valence-corrected chi connectivity index (χ3v) is 3.28. The summed E-state index contributed by atoms with van der Waals surface area (Å²) in [7, 11) is 0. The van der Waals surface area contributed by atoms with Crippen LogP contribution in [0.2, 0.25) is 0 Å². The highest BCUT2D eigenvalue weighted by Crippen LogP contribution is 2.28. The molecule has 3 nitrogen and oxygen atoms in total. The monoisotopic (exact) mass is 230 g/mol. The number of rotatable bonds is 2. The van der Waals surface area contributed by atoms with Crippen molar-refractivity contribution in [3.8, 4) is 11.5 Å². The van der Waals surface area contributed by atoms with Gasteiger partial charge in [0.05, 0.1) is 0 Å². The second-order valence-electron chi connectivity index (χ2n) is 3.48. The topological polar surface area (TPSA) is 52.0 Å². The standard InChI is InChI=1S/C12H10N2OS/c13-6-12-14-9(7-16-12)11-5-8-3-1-2-4-10(8)15-11/h1-5,7H,6,13H2. The van der Waals surface area contributed by atoms with Gasteiger partial charge in [0.15, 0.2) is 5.76 Å². The van der Waals surface area contributed by atoms with Gasteiger partial charge < -0.3 is 10.2 Å². The number of nitrogens with two attached hydrogens (primary N) is 1. The number of fused-ring (bicyclic) bond motifs is 1. The van der Waals surface area contributed by atoms with E-state index in [0.717, 1.165) is 27.4 Å². The van der Waals surface area contributed by atoms with Crippen LogP contribution in [0.25, 0.3) is 22.4 Å². The third kappa shape index (κ3) is 1.52. The molecular weight excluding hydrogens is 220 g/mol. The molecule has 2 heterocycles. The Morgan fingerprint density at radius 3 is 2.94 bits per heavy atom. The minimum atomic E-state index is 0.477. The molecule has 2 N–H and O–H groups in total. The molecule has 0 saturated carbocycles. The third-order valence-electron chi connectivity index (χ3n) is 2.40.